The molecule has 4 heteroatoms. The molecule has 2 rings (SSSR count). The van der Waals surface area contributed by atoms with Gasteiger partial charge in [-0.1, -0.05) is 12.1 Å². The number of ether oxygens (including phenoxy) is 1. The highest BCUT2D eigenvalue weighted by Crippen LogP contribution is 2.23. The Bertz CT molecular complexity index is 402. The maximum Gasteiger partial charge on any atom is 0.282 e. The van der Waals surface area contributed by atoms with Crippen molar-refractivity contribution in [2.24, 2.45) is 10.7 Å². The molecule has 0 saturated carbocycles. The largest absolute Gasteiger partial charge is 0.463 e. The zero-order valence-electron chi connectivity index (χ0n) is 9.24. The third-order valence-corrected chi connectivity index (χ3v) is 2.78. The number of hydrogen-bond donors (Lipinski definition) is 1. The maximum atomic E-state index is 12.7. The van der Waals surface area contributed by atoms with Crippen molar-refractivity contribution in [2.75, 3.05) is 6.61 Å². The van der Waals surface area contributed by atoms with Crippen molar-refractivity contribution in [3.05, 3.63) is 35.6 Å². The summed E-state index contributed by atoms with van der Waals surface area (Å²) < 4.78 is 17.8. The number of halogens is 1. The van der Waals surface area contributed by atoms with Crippen LogP contribution in [0, 0.1) is 5.82 Å². The van der Waals surface area contributed by atoms with Crippen molar-refractivity contribution in [3.8, 4) is 0 Å². The molecule has 1 atom stereocenters. The van der Waals surface area contributed by atoms with Gasteiger partial charge in [-0.05, 0) is 37.5 Å². The first-order valence-electron chi connectivity index (χ1n) is 5.30. The van der Waals surface area contributed by atoms with Crippen LogP contribution in [0.2, 0.25) is 0 Å². The molecule has 0 saturated heterocycles. The van der Waals surface area contributed by atoms with Crippen LogP contribution in [0.25, 0.3) is 0 Å². The molecular formula is C12H15FN2O. The smallest absolute Gasteiger partial charge is 0.282 e. The average molecular weight is 222 g/mol. The zero-order chi connectivity index (χ0) is 11.6. The van der Waals surface area contributed by atoms with Crippen LogP contribution in [0.4, 0.5) is 4.39 Å². The van der Waals surface area contributed by atoms with Gasteiger partial charge >= 0.3 is 0 Å². The SMILES string of the molecule is C[C@]1(CCc2ccc(F)cc2)COC(N)=N1. The predicted octanol–water partition coefficient (Wildman–Crippen LogP) is 1.86. The molecule has 1 aliphatic heterocycles. The van der Waals surface area contributed by atoms with E-state index in [0.29, 0.717) is 6.61 Å². The van der Waals surface area contributed by atoms with Crippen LogP contribution in [0.5, 0.6) is 0 Å². The molecule has 0 amide bonds. The van der Waals surface area contributed by atoms with Gasteiger partial charge in [-0.2, -0.15) is 0 Å². The van der Waals surface area contributed by atoms with E-state index in [-0.39, 0.29) is 17.4 Å². The summed E-state index contributed by atoms with van der Waals surface area (Å²) in [6, 6.07) is 6.80. The van der Waals surface area contributed by atoms with E-state index >= 15 is 0 Å². The standard InChI is InChI=1S/C12H15FN2O/c1-12(8-16-11(14)15-12)7-6-9-2-4-10(13)5-3-9/h2-5H,6-8H2,1H3,(H2,14,15)/t12-/m0/s1. The van der Waals surface area contributed by atoms with E-state index in [0.717, 1.165) is 18.4 Å². The second-order valence-electron chi connectivity index (χ2n) is 4.36. The van der Waals surface area contributed by atoms with E-state index in [2.05, 4.69) is 4.99 Å². The van der Waals surface area contributed by atoms with Crippen molar-refractivity contribution in [1.29, 1.82) is 0 Å². The molecule has 0 fully saturated rings. The van der Waals surface area contributed by atoms with Gasteiger partial charge in [0.05, 0.1) is 5.54 Å². The molecule has 1 heterocycles. The van der Waals surface area contributed by atoms with E-state index in [4.69, 9.17) is 10.5 Å². The summed E-state index contributed by atoms with van der Waals surface area (Å²) in [5, 5.41) is 0. The Morgan fingerprint density at radius 3 is 2.69 bits per heavy atom. The molecular weight excluding hydrogens is 207 g/mol. The lowest BCUT2D eigenvalue weighted by Gasteiger charge is -2.17. The first-order chi connectivity index (χ1) is 7.57. The summed E-state index contributed by atoms with van der Waals surface area (Å²) in [6.07, 6.45) is 1.69. The first-order valence-corrected chi connectivity index (χ1v) is 5.30. The van der Waals surface area contributed by atoms with Crippen molar-refractivity contribution in [1.82, 2.24) is 0 Å². The van der Waals surface area contributed by atoms with Crippen LogP contribution in [0.3, 0.4) is 0 Å². The van der Waals surface area contributed by atoms with Crippen molar-refractivity contribution in [2.45, 2.75) is 25.3 Å². The third-order valence-electron chi connectivity index (χ3n) is 2.78. The van der Waals surface area contributed by atoms with Crippen molar-refractivity contribution in [3.63, 3.8) is 0 Å². The van der Waals surface area contributed by atoms with Crippen LogP contribution in [0.15, 0.2) is 29.3 Å². The van der Waals surface area contributed by atoms with E-state index in [9.17, 15) is 4.39 Å². The number of nitrogens with two attached hydrogens (primary N) is 1. The Hall–Kier alpha value is -1.58. The summed E-state index contributed by atoms with van der Waals surface area (Å²) in [4.78, 5) is 4.25. The van der Waals surface area contributed by atoms with Gasteiger partial charge in [0.15, 0.2) is 0 Å². The normalized spacial score (nSPS) is 24.0. The Morgan fingerprint density at radius 1 is 1.44 bits per heavy atom. The van der Waals surface area contributed by atoms with Gasteiger partial charge in [-0.3, -0.25) is 0 Å². The molecule has 3 nitrogen and oxygen atoms in total. The minimum Gasteiger partial charge on any atom is -0.463 e. The summed E-state index contributed by atoms with van der Waals surface area (Å²) >= 11 is 0. The molecule has 2 N–H and O–H groups in total. The number of rotatable bonds is 3. The van der Waals surface area contributed by atoms with Gasteiger partial charge < -0.3 is 10.5 Å². The fourth-order valence-electron chi connectivity index (χ4n) is 1.75. The lowest BCUT2D eigenvalue weighted by atomic mass is 9.95. The highest BCUT2D eigenvalue weighted by atomic mass is 19.1. The predicted molar refractivity (Wildman–Crippen MR) is 60.7 cm³/mol. The second kappa shape index (κ2) is 4.12. The fraction of sp³-hybridized carbons (Fsp3) is 0.417. The summed E-state index contributed by atoms with van der Waals surface area (Å²) in [5.74, 6) is -0.207. The minimum absolute atomic E-state index is 0.207. The highest BCUT2D eigenvalue weighted by Gasteiger charge is 2.30. The van der Waals surface area contributed by atoms with Crippen molar-refractivity contribution >= 4 is 6.02 Å². The second-order valence-corrected chi connectivity index (χ2v) is 4.36. The lowest BCUT2D eigenvalue weighted by molar-refractivity contribution is 0.255. The quantitative estimate of drug-likeness (QED) is 0.848. The molecule has 0 aromatic heterocycles. The molecule has 86 valence electrons. The van der Waals surface area contributed by atoms with Crippen LogP contribution < -0.4 is 5.73 Å². The molecule has 0 aliphatic carbocycles. The lowest BCUT2D eigenvalue weighted by Crippen LogP contribution is -2.24. The van der Waals surface area contributed by atoms with E-state index in [1.807, 2.05) is 6.92 Å². The molecule has 0 radical (unpaired) electrons. The number of aliphatic imine (C=N–C) groups is 1. The molecule has 16 heavy (non-hydrogen) atoms. The van der Waals surface area contributed by atoms with E-state index in [1.165, 1.54) is 12.1 Å². The maximum absolute atomic E-state index is 12.7. The number of benzene rings is 1. The van der Waals surface area contributed by atoms with E-state index in [1.54, 1.807) is 12.1 Å². The molecule has 1 aromatic rings. The molecule has 0 spiro atoms. The molecule has 1 aliphatic rings. The molecule has 0 bridgehead atoms. The average Bonchev–Trinajstić information content (AvgIpc) is 2.59. The summed E-state index contributed by atoms with van der Waals surface area (Å²) in [7, 11) is 0. The Labute approximate surface area is 94.1 Å². The van der Waals surface area contributed by atoms with Crippen LogP contribution >= 0.6 is 0 Å². The first kappa shape index (κ1) is 10.9. The number of nitrogens with zero attached hydrogens (tertiary/aromatic N) is 1. The topological polar surface area (TPSA) is 47.6 Å². The van der Waals surface area contributed by atoms with Gasteiger partial charge in [-0.15, -0.1) is 0 Å². The van der Waals surface area contributed by atoms with Crippen molar-refractivity contribution < 1.29 is 9.13 Å². The third kappa shape index (κ3) is 2.51. The monoisotopic (exact) mass is 222 g/mol. The number of amidine groups is 1. The molecule has 0 unspecified atom stereocenters. The molecule has 1 aromatic carbocycles. The van der Waals surface area contributed by atoms with Gasteiger partial charge in [0.1, 0.15) is 12.4 Å². The Morgan fingerprint density at radius 2 is 2.12 bits per heavy atom. The van der Waals surface area contributed by atoms with Gasteiger partial charge in [0.2, 0.25) is 0 Å². The van der Waals surface area contributed by atoms with Crippen LogP contribution in [-0.2, 0) is 11.2 Å². The Balaban J connectivity index is 1.95. The number of aryl methyl sites for hydroxylation is 1. The highest BCUT2D eigenvalue weighted by molar-refractivity contribution is 5.73. The summed E-state index contributed by atoms with van der Waals surface area (Å²) in [6.45, 7) is 2.54. The zero-order valence-corrected chi connectivity index (χ0v) is 9.24. The summed E-state index contributed by atoms with van der Waals surface area (Å²) in [5.41, 5.74) is 6.34. The minimum atomic E-state index is -0.238. The fourth-order valence-corrected chi connectivity index (χ4v) is 1.75. The van der Waals surface area contributed by atoms with Gasteiger partial charge in [0.25, 0.3) is 6.02 Å². The van der Waals surface area contributed by atoms with E-state index < -0.39 is 0 Å². The van der Waals surface area contributed by atoms with Gasteiger partial charge in [-0.25, -0.2) is 9.38 Å². The van der Waals surface area contributed by atoms with Crippen LogP contribution in [0.1, 0.15) is 18.9 Å². The Kier molecular flexibility index (Phi) is 2.81. The van der Waals surface area contributed by atoms with Crippen LogP contribution in [-0.4, -0.2) is 18.2 Å². The van der Waals surface area contributed by atoms with Gasteiger partial charge in [0, 0.05) is 0 Å². The number of hydrogen-bond acceptors (Lipinski definition) is 3.